The van der Waals surface area contributed by atoms with Gasteiger partial charge in [0.15, 0.2) is 0 Å². The molecule has 2 aromatic rings. The summed E-state index contributed by atoms with van der Waals surface area (Å²) in [6, 6.07) is 11.3. The molecule has 0 spiro atoms. The Balaban J connectivity index is 2.03. The number of halogens is 1. The Morgan fingerprint density at radius 1 is 1.07 bits per heavy atom. The van der Waals surface area contributed by atoms with Crippen LogP contribution in [0.25, 0.3) is 0 Å². The Labute approximate surface area is 159 Å². The number of carbonyl (C=O) groups excluding carboxylic acids is 1. The van der Waals surface area contributed by atoms with Crippen LogP contribution in [0, 0.1) is 5.82 Å². The summed E-state index contributed by atoms with van der Waals surface area (Å²) in [5.41, 5.74) is 1.33. The zero-order valence-corrected chi connectivity index (χ0v) is 16.4. The maximum absolute atomic E-state index is 13.2. The highest BCUT2D eigenvalue weighted by molar-refractivity contribution is 7.89. The number of amides is 1. The van der Waals surface area contributed by atoms with Gasteiger partial charge < -0.3 is 5.32 Å². The number of carbonyl (C=O) groups is 1. The van der Waals surface area contributed by atoms with Gasteiger partial charge in [0.05, 0.1) is 4.90 Å². The molecule has 1 N–H and O–H groups in total. The molecule has 0 aromatic heterocycles. The Bertz CT molecular complexity index is 950. The fraction of sp³-hybridized carbons (Fsp3) is 0.350. The van der Waals surface area contributed by atoms with E-state index in [2.05, 4.69) is 5.32 Å². The van der Waals surface area contributed by atoms with Gasteiger partial charge in [-0.1, -0.05) is 24.3 Å². The van der Waals surface area contributed by atoms with Gasteiger partial charge in [0, 0.05) is 12.1 Å². The average Bonchev–Trinajstić information content (AvgIpc) is 2.59. The van der Waals surface area contributed by atoms with Crippen LogP contribution in [0.15, 0.2) is 53.4 Å². The van der Waals surface area contributed by atoms with E-state index in [9.17, 15) is 17.6 Å². The van der Waals surface area contributed by atoms with Crippen LogP contribution in [0.3, 0.4) is 0 Å². The highest BCUT2D eigenvalue weighted by atomic mass is 32.2. The Hall–Kier alpha value is -2.25. The summed E-state index contributed by atoms with van der Waals surface area (Å²) in [6.45, 7) is 5.64. The summed E-state index contributed by atoms with van der Waals surface area (Å²) < 4.78 is 40.9. The largest absolute Gasteiger partial charge is 0.350 e. The first kappa shape index (κ1) is 19.5. The van der Waals surface area contributed by atoms with Crippen molar-refractivity contribution in [2.24, 2.45) is 0 Å². The van der Waals surface area contributed by atoms with Gasteiger partial charge >= 0.3 is 0 Å². The first-order valence-electron chi connectivity index (χ1n) is 8.74. The first-order chi connectivity index (χ1) is 12.6. The first-order valence-corrected chi connectivity index (χ1v) is 10.2. The fourth-order valence-electron chi connectivity index (χ4n) is 3.17. The molecule has 3 rings (SSSR count). The van der Waals surface area contributed by atoms with Crippen LogP contribution in [-0.2, 0) is 27.8 Å². The SMILES string of the molecule is CC(C)(C)NC(=O)[C@H]1Cc2ccccc2CN1S(=O)(=O)c1ccc(F)cc1. The minimum absolute atomic E-state index is 0.0307. The summed E-state index contributed by atoms with van der Waals surface area (Å²) in [5.74, 6) is -0.859. The maximum Gasteiger partial charge on any atom is 0.244 e. The molecule has 27 heavy (non-hydrogen) atoms. The van der Waals surface area contributed by atoms with Crippen LogP contribution in [0.2, 0.25) is 0 Å². The van der Waals surface area contributed by atoms with Gasteiger partial charge in [-0.15, -0.1) is 0 Å². The molecule has 0 aliphatic carbocycles. The van der Waals surface area contributed by atoms with Crippen molar-refractivity contribution in [3.8, 4) is 0 Å². The summed E-state index contributed by atoms with van der Waals surface area (Å²) in [5, 5.41) is 2.88. The lowest BCUT2D eigenvalue weighted by atomic mass is 9.95. The van der Waals surface area contributed by atoms with Crippen LogP contribution < -0.4 is 5.32 Å². The van der Waals surface area contributed by atoms with Gasteiger partial charge in [-0.3, -0.25) is 4.79 Å². The Kier molecular flexibility index (Phi) is 5.10. The van der Waals surface area contributed by atoms with Gasteiger partial charge in [0.1, 0.15) is 11.9 Å². The van der Waals surface area contributed by atoms with Gasteiger partial charge in [0.2, 0.25) is 15.9 Å². The molecule has 1 aliphatic rings. The third-order valence-corrected chi connectivity index (χ3v) is 6.30. The van der Waals surface area contributed by atoms with E-state index in [1.807, 2.05) is 45.0 Å². The van der Waals surface area contributed by atoms with Crippen molar-refractivity contribution in [3.05, 3.63) is 65.5 Å². The second-order valence-electron chi connectivity index (χ2n) is 7.73. The number of sulfonamides is 1. The third-order valence-electron chi connectivity index (χ3n) is 4.43. The van der Waals surface area contributed by atoms with Crippen molar-refractivity contribution in [1.82, 2.24) is 9.62 Å². The van der Waals surface area contributed by atoms with E-state index in [-0.39, 0.29) is 17.3 Å². The molecule has 1 atom stereocenters. The highest BCUT2D eigenvalue weighted by Gasteiger charge is 2.40. The summed E-state index contributed by atoms with van der Waals surface area (Å²) >= 11 is 0. The van der Waals surface area contributed by atoms with Crippen LogP contribution in [-0.4, -0.2) is 30.2 Å². The average molecular weight is 390 g/mol. The second-order valence-corrected chi connectivity index (χ2v) is 9.62. The van der Waals surface area contributed by atoms with Crippen molar-refractivity contribution in [1.29, 1.82) is 0 Å². The predicted octanol–water partition coefficient (Wildman–Crippen LogP) is 2.86. The normalized spacial score (nSPS) is 18.0. The molecule has 0 bridgehead atoms. The molecule has 5 nitrogen and oxygen atoms in total. The molecular weight excluding hydrogens is 367 g/mol. The summed E-state index contributed by atoms with van der Waals surface area (Å²) in [4.78, 5) is 12.9. The van der Waals surface area contributed by atoms with Gasteiger partial charge in [-0.25, -0.2) is 12.8 Å². The lowest BCUT2D eigenvalue weighted by Crippen LogP contribution is -2.55. The minimum Gasteiger partial charge on any atom is -0.350 e. The second kappa shape index (κ2) is 7.05. The number of nitrogens with one attached hydrogen (secondary N) is 1. The smallest absolute Gasteiger partial charge is 0.244 e. The molecule has 1 amide bonds. The van der Waals surface area contributed by atoms with E-state index >= 15 is 0 Å². The standard InChI is InChI=1S/C20H23FN2O3S/c1-20(2,3)22-19(24)18-12-14-6-4-5-7-15(14)13-23(18)27(25,26)17-10-8-16(21)9-11-17/h4-11,18H,12-13H2,1-3H3,(H,22,24)/t18-/m1/s1. The molecule has 0 saturated carbocycles. The van der Waals surface area contributed by atoms with Crippen LogP contribution in [0.4, 0.5) is 4.39 Å². The minimum atomic E-state index is -3.97. The molecule has 0 radical (unpaired) electrons. The number of nitrogens with zero attached hydrogens (tertiary/aromatic N) is 1. The van der Waals surface area contributed by atoms with E-state index < -0.39 is 27.4 Å². The maximum atomic E-state index is 13.2. The van der Waals surface area contributed by atoms with Crippen LogP contribution >= 0.6 is 0 Å². The van der Waals surface area contributed by atoms with Crippen LogP contribution in [0.5, 0.6) is 0 Å². The molecule has 2 aromatic carbocycles. The van der Waals surface area contributed by atoms with Crippen molar-refractivity contribution in [2.75, 3.05) is 0 Å². The molecular formula is C20H23FN2O3S. The van der Waals surface area contributed by atoms with Gasteiger partial charge in [-0.05, 0) is 62.6 Å². The lowest BCUT2D eigenvalue weighted by Gasteiger charge is -2.36. The van der Waals surface area contributed by atoms with E-state index in [0.29, 0.717) is 6.42 Å². The van der Waals surface area contributed by atoms with Crippen molar-refractivity contribution in [2.45, 2.75) is 50.2 Å². The highest BCUT2D eigenvalue weighted by Crippen LogP contribution is 2.29. The number of benzene rings is 2. The predicted molar refractivity (Wildman–Crippen MR) is 101 cm³/mol. The Morgan fingerprint density at radius 2 is 1.67 bits per heavy atom. The molecule has 0 unspecified atom stereocenters. The van der Waals surface area contributed by atoms with E-state index in [0.717, 1.165) is 23.3 Å². The van der Waals surface area contributed by atoms with Crippen molar-refractivity contribution < 1.29 is 17.6 Å². The monoisotopic (exact) mass is 390 g/mol. The van der Waals surface area contributed by atoms with Crippen molar-refractivity contribution in [3.63, 3.8) is 0 Å². The lowest BCUT2D eigenvalue weighted by molar-refractivity contribution is -0.126. The molecule has 1 aliphatic heterocycles. The van der Waals surface area contributed by atoms with E-state index in [1.54, 1.807) is 0 Å². The van der Waals surface area contributed by atoms with E-state index in [4.69, 9.17) is 0 Å². The quantitative estimate of drug-likeness (QED) is 0.876. The number of fused-ring (bicyclic) bond motifs is 1. The molecule has 144 valence electrons. The van der Waals surface area contributed by atoms with Gasteiger partial charge in [0.25, 0.3) is 0 Å². The van der Waals surface area contributed by atoms with Crippen LogP contribution in [0.1, 0.15) is 31.9 Å². The number of rotatable bonds is 3. The number of hydrogen-bond acceptors (Lipinski definition) is 3. The molecule has 1 heterocycles. The molecule has 7 heteroatoms. The Morgan fingerprint density at radius 3 is 2.26 bits per heavy atom. The topological polar surface area (TPSA) is 66.5 Å². The van der Waals surface area contributed by atoms with Gasteiger partial charge in [-0.2, -0.15) is 4.31 Å². The number of hydrogen-bond donors (Lipinski definition) is 1. The fourth-order valence-corrected chi connectivity index (χ4v) is 4.74. The summed E-state index contributed by atoms with van der Waals surface area (Å²) in [7, 11) is -3.97. The zero-order chi connectivity index (χ0) is 19.8. The summed E-state index contributed by atoms with van der Waals surface area (Å²) in [6.07, 6.45) is 0.290. The molecule has 0 saturated heterocycles. The molecule has 0 fully saturated rings. The third kappa shape index (κ3) is 4.20. The van der Waals surface area contributed by atoms with E-state index in [1.165, 1.54) is 16.4 Å². The van der Waals surface area contributed by atoms with Crippen molar-refractivity contribution >= 4 is 15.9 Å². The zero-order valence-electron chi connectivity index (χ0n) is 15.6.